The molecule has 23 heavy (non-hydrogen) atoms. The minimum atomic E-state index is 0.0964. The van der Waals surface area contributed by atoms with E-state index >= 15 is 0 Å². The third-order valence-electron chi connectivity index (χ3n) is 4.76. The normalized spacial score (nSPS) is 11.2. The van der Waals surface area contributed by atoms with Crippen molar-refractivity contribution in [1.82, 2.24) is 0 Å². The molecule has 0 aromatic heterocycles. The highest BCUT2D eigenvalue weighted by Crippen LogP contribution is 2.34. The van der Waals surface area contributed by atoms with E-state index in [4.69, 9.17) is 0 Å². The summed E-state index contributed by atoms with van der Waals surface area (Å²) < 4.78 is 0. The van der Waals surface area contributed by atoms with Crippen LogP contribution in [0.15, 0.2) is 6.07 Å². The van der Waals surface area contributed by atoms with Crippen LogP contribution in [-0.4, -0.2) is 10.9 Å². The number of hydrogen-bond acceptors (Lipinski definition) is 2. The fourth-order valence-electron chi connectivity index (χ4n) is 3.08. The maximum atomic E-state index is 12.6. The predicted octanol–water partition coefficient (Wildman–Crippen LogP) is 6.46. The fraction of sp³-hybridized carbons (Fsp3) is 0.667. The first-order chi connectivity index (χ1) is 10.9. The third kappa shape index (κ3) is 5.67. The van der Waals surface area contributed by atoms with Gasteiger partial charge < -0.3 is 5.11 Å². The lowest BCUT2D eigenvalue weighted by Gasteiger charge is -2.17. The van der Waals surface area contributed by atoms with E-state index in [-0.39, 0.29) is 17.5 Å². The largest absolute Gasteiger partial charge is 0.507 e. The second-order valence-electron chi connectivity index (χ2n) is 7.08. The molecule has 1 rings (SSSR count). The summed E-state index contributed by atoms with van der Waals surface area (Å²) in [6.07, 6.45) is 8.95. The summed E-state index contributed by atoms with van der Waals surface area (Å²) in [7, 11) is 0. The van der Waals surface area contributed by atoms with E-state index in [0.717, 1.165) is 29.5 Å². The first kappa shape index (κ1) is 19.7. The molecule has 1 aromatic rings. The molecule has 0 aliphatic heterocycles. The molecule has 0 aliphatic carbocycles. The standard InChI is InChI=1S/C21H34O2/c1-6-7-8-9-10-11-12-13-19(22)20-17(5)16(4)14-18(15(2)3)21(20)23/h14-15,23H,6-13H2,1-5H3. The number of carbonyl (C=O) groups is 1. The van der Waals surface area contributed by atoms with Gasteiger partial charge in [0.25, 0.3) is 0 Å². The van der Waals surface area contributed by atoms with E-state index < -0.39 is 0 Å². The highest BCUT2D eigenvalue weighted by atomic mass is 16.3. The molecule has 0 fully saturated rings. The molecule has 2 heteroatoms. The van der Waals surface area contributed by atoms with Gasteiger partial charge in [0.15, 0.2) is 5.78 Å². The van der Waals surface area contributed by atoms with Gasteiger partial charge in [-0.2, -0.15) is 0 Å². The number of ketones is 1. The van der Waals surface area contributed by atoms with Crippen LogP contribution in [0, 0.1) is 13.8 Å². The molecular weight excluding hydrogens is 284 g/mol. The van der Waals surface area contributed by atoms with E-state index in [9.17, 15) is 9.90 Å². The van der Waals surface area contributed by atoms with Crippen molar-refractivity contribution in [3.8, 4) is 5.75 Å². The lowest BCUT2D eigenvalue weighted by Crippen LogP contribution is -2.06. The van der Waals surface area contributed by atoms with E-state index in [2.05, 4.69) is 6.92 Å². The van der Waals surface area contributed by atoms with Gasteiger partial charge in [0.1, 0.15) is 5.75 Å². The highest BCUT2D eigenvalue weighted by Gasteiger charge is 2.20. The SMILES string of the molecule is CCCCCCCCCC(=O)c1c(C)c(C)cc(C(C)C)c1O. The van der Waals surface area contributed by atoms with Crippen LogP contribution < -0.4 is 0 Å². The van der Waals surface area contributed by atoms with Crippen molar-refractivity contribution in [2.24, 2.45) is 0 Å². The number of hydrogen-bond donors (Lipinski definition) is 1. The molecule has 1 aromatic carbocycles. The van der Waals surface area contributed by atoms with Crippen LogP contribution in [0.4, 0.5) is 0 Å². The number of carbonyl (C=O) groups excluding carboxylic acids is 1. The zero-order chi connectivity index (χ0) is 17.4. The number of phenolic OH excluding ortho intramolecular Hbond substituents is 1. The van der Waals surface area contributed by atoms with Gasteiger partial charge in [-0.15, -0.1) is 0 Å². The van der Waals surface area contributed by atoms with Crippen LogP contribution >= 0.6 is 0 Å². The summed E-state index contributed by atoms with van der Waals surface area (Å²) in [5.74, 6) is 0.523. The summed E-state index contributed by atoms with van der Waals surface area (Å²) in [5.41, 5.74) is 3.46. The average Bonchev–Trinajstić information content (AvgIpc) is 2.50. The van der Waals surface area contributed by atoms with Crippen LogP contribution in [0.25, 0.3) is 0 Å². The first-order valence-electron chi connectivity index (χ1n) is 9.26. The zero-order valence-corrected chi connectivity index (χ0v) is 15.7. The number of aryl methyl sites for hydroxylation is 1. The Hall–Kier alpha value is -1.31. The molecule has 0 atom stereocenters. The molecule has 0 unspecified atom stereocenters. The smallest absolute Gasteiger partial charge is 0.166 e. The quantitative estimate of drug-likeness (QED) is 0.397. The molecule has 0 bridgehead atoms. The molecule has 0 spiro atoms. The number of benzene rings is 1. The van der Waals surface area contributed by atoms with E-state index in [1.165, 1.54) is 32.1 Å². The van der Waals surface area contributed by atoms with Gasteiger partial charge in [0.05, 0.1) is 5.56 Å². The number of rotatable bonds is 10. The van der Waals surface area contributed by atoms with Crippen molar-refractivity contribution < 1.29 is 9.90 Å². The highest BCUT2D eigenvalue weighted by molar-refractivity contribution is 6.00. The van der Waals surface area contributed by atoms with E-state index in [0.29, 0.717) is 12.0 Å². The molecule has 0 aliphatic rings. The third-order valence-corrected chi connectivity index (χ3v) is 4.76. The molecule has 130 valence electrons. The summed E-state index contributed by atoms with van der Waals surface area (Å²) in [4.78, 5) is 12.6. The van der Waals surface area contributed by atoms with Crippen LogP contribution in [0.1, 0.15) is 105 Å². The second-order valence-corrected chi connectivity index (χ2v) is 7.08. The Bertz CT molecular complexity index is 515. The van der Waals surface area contributed by atoms with Gasteiger partial charge in [-0.25, -0.2) is 0 Å². The maximum Gasteiger partial charge on any atom is 0.166 e. The molecule has 1 N–H and O–H groups in total. The van der Waals surface area contributed by atoms with Crippen LogP contribution in [0.3, 0.4) is 0 Å². The monoisotopic (exact) mass is 318 g/mol. The molecule has 0 heterocycles. The lowest BCUT2D eigenvalue weighted by molar-refractivity contribution is 0.0975. The van der Waals surface area contributed by atoms with Crippen molar-refractivity contribution >= 4 is 5.78 Å². The van der Waals surface area contributed by atoms with E-state index in [1.807, 2.05) is 33.8 Å². The maximum absolute atomic E-state index is 12.6. The summed E-state index contributed by atoms with van der Waals surface area (Å²) in [6, 6.07) is 2.01. The average molecular weight is 319 g/mol. The predicted molar refractivity (Wildman–Crippen MR) is 98.6 cm³/mol. The minimum Gasteiger partial charge on any atom is -0.507 e. The van der Waals surface area contributed by atoms with E-state index in [1.54, 1.807) is 0 Å². The van der Waals surface area contributed by atoms with Crippen molar-refractivity contribution in [2.75, 3.05) is 0 Å². The molecular formula is C21H34O2. The Balaban J connectivity index is 2.66. The number of unbranched alkanes of at least 4 members (excludes halogenated alkanes) is 6. The minimum absolute atomic E-state index is 0.0964. The summed E-state index contributed by atoms with van der Waals surface area (Å²) >= 11 is 0. The van der Waals surface area contributed by atoms with Crippen LogP contribution in [0.2, 0.25) is 0 Å². The Morgan fingerprint density at radius 2 is 1.61 bits per heavy atom. The van der Waals surface area contributed by atoms with Crippen LogP contribution in [0.5, 0.6) is 5.75 Å². The number of phenols is 1. The molecule has 0 saturated heterocycles. The van der Waals surface area contributed by atoms with Crippen LogP contribution in [-0.2, 0) is 0 Å². The Morgan fingerprint density at radius 1 is 1.04 bits per heavy atom. The summed E-state index contributed by atoms with van der Waals surface area (Å²) in [5, 5.41) is 10.5. The fourth-order valence-corrected chi connectivity index (χ4v) is 3.08. The van der Waals surface area contributed by atoms with Crippen molar-refractivity contribution in [2.45, 2.75) is 91.9 Å². The molecule has 0 amide bonds. The zero-order valence-electron chi connectivity index (χ0n) is 15.7. The van der Waals surface area contributed by atoms with Gasteiger partial charge in [0, 0.05) is 6.42 Å². The molecule has 2 nitrogen and oxygen atoms in total. The van der Waals surface area contributed by atoms with Crippen molar-refractivity contribution in [1.29, 1.82) is 0 Å². The lowest BCUT2D eigenvalue weighted by atomic mass is 9.89. The van der Waals surface area contributed by atoms with Gasteiger partial charge in [-0.3, -0.25) is 4.79 Å². The van der Waals surface area contributed by atoms with Gasteiger partial charge in [-0.05, 0) is 42.9 Å². The number of aromatic hydroxyl groups is 1. The first-order valence-corrected chi connectivity index (χ1v) is 9.26. The number of Topliss-reactive ketones (excluding diaryl/α,β-unsaturated/α-hetero) is 1. The Labute approximate surface area is 142 Å². The summed E-state index contributed by atoms with van der Waals surface area (Å²) in [6.45, 7) is 10.3. The molecule has 0 saturated carbocycles. The Kier molecular flexibility index (Phi) is 8.36. The van der Waals surface area contributed by atoms with Gasteiger partial charge in [0.2, 0.25) is 0 Å². The molecule has 0 radical (unpaired) electrons. The van der Waals surface area contributed by atoms with Crippen molar-refractivity contribution in [3.63, 3.8) is 0 Å². The van der Waals surface area contributed by atoms with Crippen molar-refractivity contribution in [3.05, 3.63) is 28.3 Å². The second kappa shape index (κ2) is 9.75. The topological polar surface area (TPSA) is 37.3 Å². The van der Waals surface area contributed by atoms with Gasteiger partial charge >= 0.3 is 0 Å². The Morgan fingerprint density at radius 3 is 2.17 bits per heavy atom. The van der Waals surface area contributed by atoms with Gasteiger partial charge in [-0.1, -0.05) is 65.4 Å².